The number of hydrogen-bond donors (Lipinski definition) is 1. The molecule has 0 bridgehead atoms. The number of amides is 1. The van der Waals surface area contributed by atoms with Crippen molar-refractivity contribution in [2.45, 2.75) is 6.54 Å². The second-order valence-electron chi connectivity index (χ2n) is 5.76. The summed E-state index contributed by atoms with van der Waals surface area (Å²) in [6, 6.07) is 12.9. The number of nitrogens with zero attached hydrogens (tertiary/aromatic N) is 3. The second-order valence-corrected chi connectivity index (χ2v) is 6.98. The molecular formula is C19H13ClN4O2S. The minimum atomic E-state index is -0.385. The lowest BCUT2D eigenvalue weighted by molar-refractivity contribution is -0.116. The molecule has 0 saturated carbocycles. The zero-order valence-electron chi connectivity index (χ0n) is 13.9. The fourth-order valence-electron chi connectivity index (χ4n) is 2.73. The van der Waals surface area contributed by atoms with Crippen molar-refractivity contribution in [1.29, 1.82) is 0 Å². The van der Waals surface area contributed by atoms with Crippen LogP contribution in [0.1, 0.15) is 0 Å². The third-order valence-corrected chi connectivity index (χ3v) is 5.18. The fourth-order valence-corrected chi connectivity index (χ4v) is 3.81. The average Bonchev–Trinajstić information content (AvgIpc) is 3.11. The summed E-state index contributed by atoms with van der Waals surface area (Å²) in [5.41, 5.74) is 1.89. The van der Waals surface area contributed by atoms with Gasteiger partial charge in [0.1, 0.15) is 11.4 Å². The highest BCUT2D eigenvalue weighted by Crippen LogP contribution is 2.30. The van der Waals surface area contributed by atoms with Crippen LogP contribution in [0, 0.1) is 0 Å². The highest BCUT2D eigenvalue weighted by Gasteiger charge is 2.15. The molecule has 6 nitrogen and oxygen atoms in total. The molecule has 0 aliphatic carbocycles. The number of halogens is 1. The van der Waals surface area contributed by atoms with Gasteiger partial charge in [-0.1, -0.05) is 41.9 Å². The second kappa shape index (κ2) is 7.30. The van der Waals surface area contributed by atoms with E-state index in [1.165, 1.54) is 28.4 Å². The molecule has 0 radical (unpaired) electrons. The lowest BCUT2D eigenvalue weighted by Gasteiger charge is -2.08. The number of pyridine rings is 1. The van der Waals surface area contributed by atoms with Crippen molar-refractivity contribution in [2.75, 3.05) is 5.32 Å². The van der Waals surface area contributed by atoms with Crippen molar-refractivity contribution in [1.82, 2.24) is 14.5 Å². The maximum absolute atomic E-state index is 12.9. The normalized spacial score (nSPS) is 10.9. The molecule has 0 unspecified atom stereocenters. The maximum atomic E-state index is 12.9. The van der Waals surface area contributed by atoms with Crippen molar-refractivity contribution in [3.63, 3.8) is 0 Å². The van der Waals surface area contributed by atoms with E-state index in [0.717, 1.165) is 11.1 Å². The van der Waals surface area contributed by atoms with E-state index in [0.29, 0.717) is 15.9 Å². The number of fused-ring (bicyclic) bond motifs is 1. The lowest BCUT2D eigenvalue weighted by Crippen LogP contribution is -2.27. The van der Waals surface area contributed by atoms with Crippen LogP contribution in [-0.4, -0.2) is 20.4 Å². The molecule has 27 heavy (non-hydrogen) atoms. The number of benzene rings is 1. The van der Waals surface area contributed by atoms with Crippen LogP contribution in [-0.2, 0) is 11.3 Å². The molecule has 1 N–H and O–H groups in total. The molecule has 134 valence electrons. The number of anilines is 1. The first-order chi connectivity index (χ1) is 13.1. The zero-order valence-corrected chi connectivity index (χ0v) is 15.5. The summed E-state index contributed by atoms with van der Waals surface area (Å²) in [6.45, 7) is -0.170. The fraction of sp³-hybridized carbons (Fsp3) is 0.0526. The first-order valence-electron chi connectivity index (χ1n) is 8.06. The summed E-state index contributed by atoms with van der Waals surface area (Å²) in [5.74, 6) is -0.385. The third kappa shape index (κ3) is 3.47. The molecule has 0 fully saturated rings. The van der Waals surface area contributed by atoms with Gasteiger partial charge in [0.05, 0.1) is 17.4 Å². The number of aromatic nitrogens is 3. The topological polar surface area (TPSA) is 76.9 Å². The monoisotopic (exact) mass is 396 g/mol. The summed E-state index contributed by atoms with van der Waals surface area (Å²) in [7, 11) is 0. The SMILES string of the molecule is O=C(Cn1cnc2scc(-c3ccccc3)c2c1=O)Nc1cccnc1Cl. The number of rotatable bonds is 4. The Kier molecular flexibility index (Phi) is 4.70. The van der Waals surface area contributed by atoms with E-state index in [-0.39, 0.29) is 23.2 Å². The maximum Gasteiger partial charge on any atom is 0.263 e. The van der Waals surface area contributed by atoms with Gasteiger partial charge in [0.15, 0.2) is 5.15 Å². The Morgan fingerprint density at radius 1 is 1.15 bits per heavy atom. The van der Waals surface area contributed by atoms with Crippen LogP contribution < -0.4 is 10.9 Å². The molecular weight excluding hydrogens is 384 g/mol. The van der Waals surface area contributed by atoms with Gasteiger partial charge in [-0.15, -0.1) is 11.3 Å². The Morgan fingerprint density at radius 3 is 2.74 bits per heavy atom. The van der Waals surface area contributed by atoms with Gasteiger partial charge < -0.3 is 5.32 Å². The van der Waals surface area contributed by atoms with Gasteiger partial charge in [0, 0.05) is 17.1 Å². The molecule has 0 aliphatic rings. The Balaban J connectivity index is 1.67. The predicted molar refractivity (Wildman–Crippen MR) is 107 cm³/mol. The van der Waals surface area contributed by atoms with E-state index in [4.69, 9.17) is 11.6 Å². The Bertz CT molecular complexity index is 1190. The van der Waals surface area contributed by atoms with Crippen molar-refractivity contribution < 1.29 is 4.79 Å². The molecule has 3 aromatic heterocycles. The largest absolute Gasteiger partial charge is 0.322 e. The van der Waals surface area contributed by atoms with Crippen LogP contribution in [0.25, 0.3) is 21.3 Å². The summed E-state index contributed by atoms with van der Waals surface area (Å²) in [4.78, 5) is 34.2. The number of nitrogens with one attached hydrogen (secondary N) is 1. The zero-order chi connectivity index (χ0) is 18.8. The highest BCUT2D eigenvalue weighted by atomic mass is 35.5. The highest BCUT2D eigenvalue weighted by molar-refractivity contribution is 7.17. The number of carbonyl (C=O) groups is 1. The van der Waals surface area contributed by atoms with E-state index in [9.17, 15) is 9.59 Å². The predicted octanol–water partition coefficient (Wildman–Crippen LogP) is 3.81. The molecule has 0 spiro atoms. The first-order valence-corrected chi connectivity index (χ1v) is 9.31. The van der Waals surface area contributed by atoms with Gasteiger partial charge >= 0.3 is 0 Å². The van der Waals surface area contributed by atoms with Gasteiger partial charge in [-0.05, 0) is 17.7 Å². The minimum Gasteiger partial charge on any atom is -0.322 e. The van der Waals surface area contributed by atoms with Crippen molar-refractivity contribution in [3.8, 4) is 11.1 Å². The van der Waals surface area contributed by atoms with E-state index >= 15 is 0 Å². The van der Waals surface area contributed by atoms with Gasteiger partial charge in [-0.25, -0.2) is 9.97 Å². The first kappa shape index (κ1) is 17.4. The Labute approximate surface area is 163 Å². The van der Waals surface area contributed by atoms with E-state index in [1.807, 2.05) is 35.7 Å². The van der Waals surface area contributed by atoms with Crippen LogP contribution in [0.2, 0.25) is 5.15 Å². The summed E-state index contributed by atoms with van der Waals surface area (Å²) in [5, 5.41) is 5.27. The molecule has 1 amide bonds. The number of hydrogen-bond acceptors (Lipinski definition) is 5. The van der Waals surface area contributed by atoms with Crippen LogP contribution in [0.15, 0.2) is 65.2 Å². The van der Waals surface area contributed by atoms with Crippen LogP contribution in [0.3, 0.4) is 0 Å². The Hall–Kier alpha value is -3.03. The van der Waals surface area contributed by atoms with Gasteiger partial charge in [-0.3, -0.25) is 14.2 Å². The van der Waals surface area contributed by atoms with E-state index in [1.54, 1.807) is 12.1 Å². The molecule has 0 saturated heterocycles. The van der Waals surface area contributed by atoms with Crippen LogP contribution in [0.5, 0.6) is 0 Å². The third-order valence-electron chi connectivity index (χ3n) is 3.99. The van der Waals surface area contributed by atoms with Crippen molar-refractivity contribution >= 4 is 44.7 Å². The lowest BCUT2D eigenvalue weighted by atomic mass is 10.1. The molecule has 0 aliphatic heterocycles. The summed E-state index contributed by atoms with van der Waals surface area (Å²) >= 11 is 7.35. The van der Waals surface area contributed by atoms with Crippen molar-refractivity contribution in [3.05, 3.63) is 75.9 Å². The molecule has 0 atom stereocenters. The number of carbonyl (C=O) groups excluding carboxylic acids is 1. The molecule has 3 heterocycles. The smallest absolute Gasteiger partial charge is 0.263 e. The molecule has 8 heteroatoms. The summed E-state index contributed by atoms with van der Waals surface area (Å²) < 4.78 is 1.29. The average molecular weight is 397 g/mol. The van der Waals surface area contributed by atoms with Crippen molar-refractivity contribution in [2.24, 2.45) is 0 Å². The van der Waals surface area contributed by atoms with Crippen LogP contribution >= 0.6 is 22.9 Å². The Morgan fingerprint density at radius 2 is 1.96 bits per heavy atom. The standard InChI is InChI=1S/C19H13ClN4O2S/c20-17-14(7-4-8-21-17)23-15(25)9-24-11-22-18-16(19(24)26)13(10-27-18)12-5-2-1-3-6-12/h1-8,10-11H,9H2,(H,23,25). The number of thiophene rings is 1. The van der Waals surface area contributed by atoms with Gasteiger partial charge in [0.25, 0.3) is 5.56 Å². The molecule has 1 aromatic carbocycles. The van der Waals surface area contributed by atoms with Gasteiger partial charge in [0.2, 0.25) is 5.91 Å². The summed E-state index contributed by atoms with van der Waals surface area (Å²) in [6.07, 6.45) is 2.92. The quantitative estimate of drug-likeness (QED) is 0.532. The van der Waals surface area contributed by atoms with E-state index in [2.05, 4.69) is 15.3 Å². The van der Waals surface area contributed by atoms with E-state index < -0.39 is 0 Å². The van der Waals surface area contributed by atoms with Crippen LogP contribution in [0.4, 0.5) is 5.69 Å². The molecule has 4 aromatic rings. The minimum absolute atomic E-state index is 0.170. The molecule has 4 rings (SSSR count). The van der Waals surface area contributed by atoms with Gasteiger partial charge in [-0.2, -0.15) is 0 Å².